The molecule has 0 bridgehead atoms. The van der Waals surface area contributed by atoms with E-state index in [1.165, 1.54) is 0 Å². The quantitative estimate of drug-likeness (QED) is 0.380. The molecule has 0 aromatic carbocycles. The molecule has 8 nitrogen and oxygen atoms in total. The maximum Gasteiger partial charge on any atom is 0.243 e. The lowest BCUT2D eigenvalue weighted by Crippen LogP contribution is -2.49. The minimum atomic E-state index is -0.0198. The number of halogens is 1. The molecule has 9 heteroatoms. The van der Waals surface area contributed by atoms with Crippen LogP contribution in [0.2, 0.25) is 0 Å². The van der Waals surface area contributed by atoms with Gasteiger partial charge in [-0.05, 0) is 20.3 Å². The minimum absolute atomic E-state index is 0. The number of hydrogen-bond donors (Lipinski definition) is 2. The van der Waals surface area contributed by atoms with E-state index in [0.717, 1.165) is 31.0 Å². The summed E-state index contributed by atoms with van der Waals surface area (Å²) in [6.07, 6.45) is 1.86. The van der Waals surface area contributed by atoms with Crippen molar-refractivity contribution < 1.29 is 4.79 Å². The van der Waals surface area contributed by atoms with Gasteiger partial charge in [-0.2, -0.15) is 5.10 Å². The van der Waals surface area contributed by atoms with Crippen molar-refractivity contribution in [1.29, 1.82) is 0 Å². The third-order valence-corrected chi connectivity index (χ3v) is 4.03. The molecule has 1 atom stereocenters. The third-order valence-electron chi connectivity index (χ3n) is 4.03. The van der Waals surface area contributed by atoms with Crippen molar-refractivity contribution in [2.75, 3.05) is 20.6 Å². The molecule has 1 aromatic rings. The molecule has 1 unspecified atom stereocenters. The van der Waals surface area contributed by atoms with E-state index in [4.69, 9.17) is 0 Å². The molecule has 0 fully saturated rings. The Balaban J connectivity index is 0.00000338. The lowest BCUT2D eigenvalue weighted by atomic mass is 10.1. The van der Waals surface area contributed by atoms with Crippen molar-refractivity contribution in [3.63, 3.8) is 0 Å². The molecule has 0 aliphatic carbocycles. The van der Waals surface area contributed by atoms with E-state index in [2.05, 4.69) is 53.4 Å². The summed E-state index contributed by atoms with van der Waals surface area (Å²) < 4.78 is 1.99. The molecule has 2 rings (SSSR count). The number of carbonyl (C=O) groups excluding carboxylic acids is 1. The molecule has 0 radical (unpaired) electrons. The normalized spacial score (nSPS) is 16.9. The molecule has 0 saturated heterocycles. The highest BCUT2D eigenvalue weighted by Crippen LogP contribution is 2.16. The number of likely N-dealkylation sites (N-methyl/N-ethyl adjacent to an activating group) is 1. The molecule has 2 heterocycles. The first-order chi connectivity index (χ1) is 11.8. The summed E-state index contributed by atoms with van der Waals surface area (Å²) in [7, 11) is 3.47. The van der Waals surface area contributed by atoms with Crippen LogP contribution in [0.15, 0.2) is 4.99 Å². The van der Waals surface area contributed by atoms with Gasteiger partial charge in [0.05, 0.1) is 6.54 Å². The number of nitrogens with zero attached hydrogens (tertiary/aromatic N) is 5. The average molecular weight is 477 g/mol. The van der Waals surface area contributed by atoms with Crippen LogP contribution in [0, 0.1) is 0 Å². The Morgan fingerprint density at radius 2 is 2.04 bits per heavy atom. The maximum absolute atomic E-state index is 11.8. The van der Waals surface area contributed by atoms with E-state index in [0.29, 0.717) is 11.9 Å². The second kappa shape index (κ2) is 10.1. The molecule has 26 heavy (non-hydrogen) atoms. The van der Waals surface area contributed by atoms with Crippen molar-refractivity contribution >= 4 is 35.8 Å². The topological polar surface area (TPSA) is 87.4 Å². The van der Waals surface area contributed by atoms with E-state index < -0.39 is 0 Å². The molecule has 1 aliphatic heterocycles. The van der Waals surface area contributed by atoms with Gasteiger partial charge in [0.15, 0.2) is 11.8 Å². The van der Waals surface area contributed by atoms with Crippen molar-refractivity contribution in [3.8, 4) is 0 Å². The number of guanidine groups is 1. The Morgan fingerprint density at radius 3 is 2.62 bits per heavy atom. The number of aryl methyl sites for hydroxylation is 1. The molecule has 1 amide bonds. The number of aromatic nitrogens is 3. The van der Waals surface area contributed by atoms with Crippen LogP contribution >= 0.6 is 24.0 Å². The standard InChI is InChI=1S/C17H31N7O.HI/c1-11(2)16-21-14-8-7-13(10-24(14)22-16)20-17(19-12(3)4)18-9-15(25)23(5)6;/h11-13H,7-10H2,1-6H3,(H2,18,19,20);1H. The zero-order valence-electron chi connectivity index (χ0n) is 16.6. The lowest BCUT2D eigenvalue weighted by Gasteiger charge is -2.26. The number of hydrogen-bond acceptors (Lipinski definition) is 4. The average Bonchev–Trinajstić information content (AvgIpc) is 2.95. The smallest absolute Gasteiger partial charge is 0.243 e. The summed E-state index contributed by atoms with van der Waals surface area (Å²) in [6.45, 7) is 9.21. The molecule has 2 N–H and O–H groups in total. The van der Waals surface area contributed by atoms with Gasteiger partial charge in [-0.15, -0.1) is 24.0 Å². The molecule has 148 valence electrons. The Morgan fingerprint density at radius 1 is 1.35 bits per heavy atom. The summed E-state index contributed by atoms with van der Waals surface area (Å²) in [6, 6.07) is 0.451. The summed E-state index contributed by atoms with van der Waals surface area (Å²) >= 11 is 0. The molecular formula is C17H32IN7O. The number of rotatable bonds is 5. The molecule has 0 saturated carbocycles. The van der Waals surface area contributed by atoms with Gasteiger partial charge in [0.2, 0.25) is 5.91 Å². The second-order valence-electron chi connectivity index (χ2n) is 7.36. The number of fused-ring (bicyclic) bond motifs is 1. The van der Waals surface area contributed by atoms with E-state index in [9.17, 15) is 4.79 Å². The summed E-state index contributed by atoms with van der Waals surface area (Å²) in [5.41, 5.74) is 0. The van der Waals surface area contributed by atoms with E-state index in [1.807, 2.05) is 4.68 Å². The Labute approximate surface area is 173 Å². The Kier molecular flexibility index (Phi) is 8.78. The van der Waals surface area contributed by atoms with Crippen LogP contribution in [0.25, 0.3) is 0 Å². The van der Waals surface area contributed by atoms with E-state index >= 15 is 0 Å². The van der Waals surface area contributed by atoms with Crippen molar-refractivity contribution in [2.24, 2.45) is 4.99 Å². The van der Waals surface area contributed by atoms with Gasteiger partial charge in [-0.1, -0.05) is 13.8 Å². The first kappa shape index (κ1) is 22.7. The fourth-order valence-electron chi connectivity index (χ4n) is 2.58. The van der Waals surface area contributed by atoms with Crippen molar-refractivity contribution in [1.82, 2.24) is 30.3 Å². The van der Waals surface area contributed by atoms with Crippen LogP contribution in [0.1, 0.15) is 51.7 Å². The molecule has 1 aliphatic rings. The summed E-state index contributed by atoms with van der Waals surface area (Å²) in [5, 5.41) is 11.3. The first-order valence-corrected chi connectivity index (χ1v) is 8.97. The molecule has 1 aromatic heterocycles. The predicted octanol–water partition coefficient (Wildman–Crippen LogP) is 1.37. The number of amides is 1. The van der Waals surface area contributed by atoms with Crippen LogP contribution in [0.3, 0.4) is 0 Å². The third kappa shape index (κ3) is 6.40. The van der Waals surface area contributed by atoms with Gasteiger partial charge in [0.25, 0.3) is 0 Å². The van der Waals surface area contributed by atoms with Crippen molar-refractivity contribution in [2.45, 2.75) is 65.1 Å². The summed E-state index contributed by atoms with van der Waals surface area (Å²) in [5.74, 6) is 2.94. The van der Waals surface area contributed by atoms with Gasteiger partial charge < -0.3 is 15.5 Å². The van der Waals surface area contributed by atoms with Gasteiger partial charge in [-0.3, -0.25) is 4.79 Å². The fourth-order valence-corrected chi connectivity index (χ4v) is 2.58. The summed E-state index contributed by atoms with van der Waals surface area (Å²) in [4.78, 5) is 22.4. The fraction of sp³-hybridized carbons (Fsp3) is 0.765. The monoisotopic (exact) mass is 477 g/mol. The second-order valence-corrected chi connectivity index (χ2v) is 7.36. The highest BCUT2D eigenvalue weighted by Gasteiger charge is 2.23. The van der Waals surface area contributed by atoms with Gasteiger partial charge in [0.1, 0.15) is 12.4 Å². The predicted molar refractivity (Wildman–Crippen MR) is 114 cm³/mol. The Bertz CT molecular complexity index is 625. The largest absolute Gasteiger partial charge is 0.354 e. The van der Waals surface area contributed by atoms with Gasteiger partial charge in [-0.25, -0.2) is 14.7 Å². The van der Waals surface area contributed by atoms with Crippen LogP contribution in [0.4, 0.5) is 0 Å². The lowest BCUT2D eigenvalue weighted by molar-refractivity contribution is -0.127. The van der Waals surface area contributed by atoms with Gasteiger partial charge >= 0.3 is 0 Å². The van der Waals surface area contributed by atoms with Crippen molar-refractivity contribution in [3.05, 3.63) is 11.6 Å². The van der Waals surface area contributed by atoms with Crippen LogP contribution in [-0.2, 0) is 17.8 Å². The van der Waals surface area contributed by atoms with Crippen LogP contribution < -0.4 is 10.6 Å². The Hall–Kier alpha value is -1.39. The van der Waals surface area contributed by atoms with E-state index in [1.54, 1.807) is 19.0 Å². The van der Waals surface area contributed by atoms with Crippen LogP contribution in [0.5, 0.6) is 0 Å². The zero-order valence-corrected chi connectivity index (χ0v) is 18.9. The van der Waals surface area contributed by atoms with Crippen LogP contribution in [-0.4, -0.2) is 64.3 Å². The van der Waals surface area contributed by atoms with E-state index in [-0.39, 0.29) is 48.5 Å². The number of aliphatic imine (C=N–C) groups is 1. The molecule has 0 spiro atoms. The highest BCUT2D eigenvalue weighted by atomic mass is 127. The maximum atomic E-state index is 11.8. The first-order valence-electron chi connectivity index (χ1n) is 8.97. The highest BCUT2D eigenvalue weighted by molar-refractivity contribution is 14.0. The molecular weight excluding hydrogens is 445 g/mol. The number of carbonyl (C=O) groups is 1. The van der Waals surface area contributed by atoms with Gasteiger partial charge in [0, 0.05) is 38.5 Å². The number of nitrogens with one attached hydrogen (secondary N) is 2. The minimum Gasteiger partial charge on any atom is -0.354 e. The SMILES string of the molecule is CC(C)NC(=NCC(=O)N(C)C)NC1CCc2nc(C(C)C)nn2C1.I. The zero-order chi connectivity index (χ0) is 18.6.